The van der Waals surface area contributed by atoms with Crippen molar-refractivity contribution in [1.29, 1.82) is 5.26 Å². The second-order valence-electron chi connectivity index (χ2n) is 7.43. The minimum absolute atomic E-state index is 0.175. The van der Waals surface area contributed by atoms with Crippen LogP contribution in [-0.4, -0.2) is 29.6 Å². The normalized spacial score (nSPS) is 11.2. The van der Waals surface area contributed by atoms with Crippen molar-refractivity contribution in [2.45, 2.75) is 0 Å². The number of furan rings is 1. The van der Waals surface area contributed by atoms with Gasteiger partial charge in [-0.15, -0.1) is 0 Å². The Kier molecular flexibility index (Phi) is 5.92. The van der Waals surface area contributed by atoms with Crippen LogP contribution < -0.4 is 15.0 Å². The first-order valence-corrected chi connectivity index (χ1v) is 10.9. The number of hydrogen-bond acceptors (Lipinski definition) is 7. The highest BCUT2D eigenvalue weighted by atomic mass is 35.5. The van der Waals surface area contributed by atoms with Crippen molar-refractivity contribution in [1.82, 2.24) is 9.66 Å². The molecule has 0 atom stereocenters. The molecule has 5 rings (SSSR count). The van der Waals surface area contributed by atoms with E-state index in [0.717, 1.165) is 5.39 Å². The van der Waals surface area contributed by atoms with Crippen LogP contribution >= 0.6 is 11.6 Å². The van der Waals surface area contributed by atoms with Crippen molar-refractivity contribution in [3.05, 3.63) is 87.7 Å². The highest BCUT2D eigenvalue weighted by Gasteiger charge is 2.17. The lowest BCUT2D eigenvalue weighted by molar-refractivity contribution is 0.329. The SMILES string of the molecule is COc1cccc(C=Nn2c(-c3cc4cc(Cl)ccc4o3)nc3ccccc3c2=O)c1OCC#N. The third-order valence-electron chi connectivity index (χ3n) is 5.28. The van der Waals surface area contributed by atoms with E-state index in [9.17, 15) is 4.79 Å². The summed E-state index contributed by atoms with van der Waals surface area (Å²) < 4.78 is 18.1. The van der Waals surface area contributed by atoms with Gasteiger partial charge in [-0.1, -0.05) is 29.8 Å². The molecule has 2 heterocycles. The lowest BCUT2D eigenvalue weighted by atomic mass is 10.2. The van der Waals surface area contributed by atoms with Crippen LogP contribution in [0.2, 0.25) is 5.02 Å². The number of nitriles is 1. The second-order valence-corrected chi connectivity index (χ2v) is 7.87. The summed E-state index contributed by atoms with van der Waals surface area (Å²) >= 11 is 6.12. The largest absolute Gasteiger partial charge is 0.493 e. The first kappa shape index (κ1) is 22.2. The molecule has 5 aromatic rings. The topological polar surface area (TPSA) is 103 Å². The van der Waals surface area contributed by atoms with Gasteiger partial charge in [0.05, 0.1) is 24.2 Å². The molecule has 35 heavy (non-hydrogen) atoms. The van der Waals surface area contributed by atoms with E-state index in [1.807, 2.05) is 6.07 Å². The summed E-state index contributed by atoms with van der Waals surface area (Å²) in [5, 5.41) is 15.1. The number of fused-ring (bicyclic) bond motifs is 2. The first-order valence-electron chi connectivity index (χ1n) is 10.5. The number of hydrogen-bond donors (Lipinski definition) is 0. The van der Waals surface area contributed by atoms with Gasteiger partial charge in [-0.3, -0.25) is 4.79 Å². The van der Waals surface area contributed by atoms with Crippen molar-refractivity contribution in [3.8, 4) is 29.2 Å². The molecule has 3 aromatic carbocycles. The molecule has 9 heteroatoms. The predicted octanol–water partition coefficient (Wildman–Crippen LogP) is 5.26. The Labute approximate surface area is 204 Å². The minimum atomic E-state index is -0.372. The molecule has 8 nitrogen and oxygen atoms in total. The molecule has 0 spiro atoms. The fraction of sp³-hybridized carbons (Fsp3) is 0.0769. The highest BCUT2D eigenvalue weighted by Crippen LogP contribution is 2.31. The van der Waals surface area contributed by atoms with E-state index in [2.05, 4.69) is 10.1 Å². The van der Waals surface area contributed by atoms with Gasteiger partial charge in [0, 0.05) is 16.0 Å². The molecule has 0 fully saturated rings. The zero-order valence-electron chi connectivity index (χ0n) is 18.4. The summed E-state index contributed by atoms with van der Waals surface area (Å²) in [4.78, 5) is 18.1. The summed E-state index contributed by atoms with van der Waals surface area (Å²) in [5.74, 6) is 1.35. The first-order chi connectivity index (χ1) is 17.1. The van der Waals surface area contributed by atoms with Gasteiger partial charge < -0.3 is 13.9 Å². The molecule has 0 unspecified atom stereocenters. The van der Waals surface area contributed by atoms with Crippen LogP contribution in [0.1, 0.15) is 5.56 Å². The summed E-state index contributed by atoms with van der Waals surface area (Å²) in [7, 11) is 1.50. The molecule has 0 amide bonds. The van der Waals surface area contributed by atoms with Crippen LogP contribution in [0.3, 0.4) is 0 Å². The van der Waals surface area contributed by atoms with E-state index in [0.29, 0.717) is 44.3 Å². The van der Waals surface area contributed by atoms with Gasteiger partial charge in [-0.25, -0.2) is 4.98 Å². The molecule has 0 aliphatic rings. The van der Waals surface area contributed by atoms with Gasteiger partial charge in [-0.05, 0) is 48.5 Å². The Morgan fingerprint density at radius 1 is 1.17 bits per heavy atom. The Morgan fingerprint density at radius 2 is 2.03 bits per heavy atom. The minimum Gasteiger partial charge on any atom is -0.493 e. The number of ether oxygens (including phenoxy) is 2. The van der Waals surface area contributed by atoms with Gasteiger partial charge in [0.1, 0.15) is 11.7 Å². The summed E-state index contributed by atoms with van der Waals surface area (Å²) in [5.41, 5.74) is 1.25. The van der Waals surface area contributed by atoms with Crippen LogP contribution in [0.5, 0.6) is 11.5 Å². The Hall–Kier alpha value is -4.61. The Morgan fingerprint density at radius 3 is 2.86 bits per heavy atom. The zero-order valence-corrected chi connectivity index (χ0v) is 19.2. The summed E-state index contributed by atoms with van der Waals surface area (Å²) in [6.45, 7) is -0.175. The van der Waals surface area contributed by atoms with Gasteiger partial charge in [0.15, 0.2) is 23.9 Å². The van der Waals surface area contributed by atoms with Crippen LogP contribution in [0.25, 0.3) is 33.5 Å². The van der Waals surface area contributed by atoms with E-state index in [1.165, 1.54) is 18.0 Å². The van der Waals surface area contributed by atoms with Crippen molar-refractivity contribution < 1.29 is 13.9 Å². The van der Waals surface area contributed by atoms with Crippen LogP contribution in [-0.2, 0) is 0 Å². The fourth-order valence-electron chi connectivity index (χ4n) is 3.69. The Bertz CT molecular complexity index is 1700. The number of nitrogens with zero attached hydrogens (tertiary/aromatic N) is 4. The number of benzene rings is 3. The molecule has 0 saturated heterocycles. The number of rotatable bonds is 6. The Balaban J connectivity index is 1.70. The molecule has 0 aliphatic carbocycles. The maximum Gasteiger partial charge on any atom is 0.282 e. The highest BCUT2D eigenvalue weighted by molar-refractivity contribution is 6.31. The quantitative estimate of drug-likeness (QED) is 0.305. The molecule has 0 N–H and O–H groups in total. The molecule has 0 saturated carbocycles. The van der Waals surface area contributed by atoms with Gasteiger partial charge >= 0.3 is 0 Å². The number of aromatic nitrogens is 2. The second kappa shape index (κ2) is 9.33. The maximum absolute atomic E-state index is 13.4. The standard InChI is InChI=1S/C26H17ClN4O4/c1-33-22-8-4-5-16(24(22)34-12-11-28)15-29-31-25(30-20-7-3-2-6-19(20)26(31)32)23-14-17-13-18(27)9-10-21(17)35-23/h2-10,13-15H,12H2,1H3. The average molecular weight is 485 g/mol. The smallest absolute Gasteiger partial charge is 0.282 e. The fourth-order valence-corrected chi connectivity index (χ4v) is 3.87. The number of para-hydroxylation sites is 2. The van der Waals surface area contributed by atoms with Crippen molar-refractivity contribution in [2.75, 3.05) is 13.7 Å². The van der Waals surface area contributed by atoms with Gasteiger partial charge in [0.25, 0.3) is 5.56 Å². The molecule has 0 radical (unpaired) electrons. The molecule has 0 aliphatic heterocycles. The van der Waals surface area contributed by atoms with Gasteiger partial charge in [0.2, 0.25) is 5.82 Å². The van der Waals surface area contributed by atoms with Crippen LogP contribution in [0.4, 0.5) is 0 Å². The molecule has 2 aromatic heterocycles. The summed E-state index contributed by atoms with van der Waals surface area (Å²) in [6, 6.07) is 21.1. The molecule has 0 bridgehead atoms. The molecular weight excluding hydrogens is 468 g/mol. The average Bonchev–Trinajstić information content (AvgIpc) is 3.30. The molecular formula is C26H17ClN4O4. The van der Waals surface area contributed by atoms with E-state index in [1.54, 1.807) is 66.7 Å². The number of halogens is 1. The zero-order chi connectivity index (χ0) is 24.4. The van der Waals surface area contributed by atoms with Gasteiger partial charge in [-0.2, -0.15) is 15.0 Å². The van der Waals surface area contributed by atoms with Crippen LogP contribution in [0, 0.1) is 11.3 Å². The lowest BCUT2D eigenvalue weighted by Gasteiger charge is -2.11. The van der Waals surface area contributed by atoms with E-state index >= 15 is 0 Å². The maximum atomic E-state index is 13.4. The monoisotopic (exact) mass is 484 g/mol. The predicted molar refractivity (Wildman–Crippen MR) is 133 cm³/mol. The van der Waals surface area contributed by atoms with Crippen LogP contribution in [0.15, 0.2) is 81.0 Å². The third-order valence-corrected chi connectivity index (χ3v) is 5.51. The number of methoxy groups -OCH3 is 1. The molecule has 172 valence electrons. The van der Waals surface area contributed by atoms with E-state index < -0.39 is 0 Å². The summed E-state index contributed by atoms with van der Waals surface area (Å²) in [6.07, 6.45) is 1.45. The van der Waals surface area contributed by atoms with Crippen molar-refractivity contribution in [2.24, 2.45) is 5.10 Å². The van der Waals surface area contributed by atoms with Crippen molar-refractivity contribution >= 4 is 39.7 Å². The van der Waals surface area contributed by atoms with Crippen molar-refractivity contribution in [3.63, 3.8) is 0 Å². The third kappa shape index (κ3) is 4.21. The lowest BCUT2D eigenvalue weighted by Crippen LogP contribution is -2.20. The van der Waals surface area contributed by atoms with E-state index in [-0.39, 0.29) is 18.0 Å². The van der Waals surface area contributed by atoms with E-state index in [4.69, 9.17) is 30.8 Å².